The van der Waals surface area contributed by atoms with Crippen molar-refractivity contribution in [1.29, 1.82) is 5.26 Å². The average molecular weight is 236 g/mol. The van der Waals surface area contributed by atoms with Gasteiger partial charge < -0.3 is 9.64 Å². The first kappa shape index (κ1) is 12.8. The Hall–Kier alpha value is -1.29. The highest BCUT2D eigenvalue weighted by molar-refractivity contribution is 5.78. The van der Waals surface area contributed by atoms with Crippen LogP contribution in [-0.4, -0.2) is 42.8 Å². The summed E-state index contributed by atoms with van der Waals surface area (Å²) in [7, 11) is 0.978. The third kappa shape index (κ3) is 2.11. The number of likely N-dealkylation sites (tertiary alicyclic amines) is 1. The van der Waals surface area contributed by atoms with Gasteiger partial charge in [0.1, 0.15) is 6.42 Å². The molecule has 1 saturated heterocycles. The molecule has 1 rings (SSSR count). The molecule has 1 atom stereocenters. The molecule has 0 aromatic carbocycles. The Kier molecular flexibility index (Phi) is 3.43. The van der Waals surface area contributed by atoms with Gasteiger partial charge >= 0.3 is 6.18 Å². The number of halogens is 3. The van der Waals surface area contributed by atoms with Gasteiger partial charge in [-0.15, -0.1) is 0 Å². The predicted molar refractivity (Wildman–Crippen MR) is 47.2 cm³/mol. The van der Waals surface area contributed by atoms with E-state index in [1.54, 1.807) is 6.07 Å². The summed E-state index contributed by atoms with van der Waals surface area (Å²) in [5.41, 5.74) is -2.28. The fraction of sp³-hybridized carbons (Fsp3) is 0.778. The van der Waals surface area contributed by atoms with Crippen molar-refractivity contribution in [3.05, 3.63) is 0 Å². The zero-order valence-corrected chi connectivity index (χ0v) is 8.67. The molecule has 0 aromatic rings. The largest absolute Gasteiger partial charge is 0.419 e. The number of hydrogen-bond donors (Lipinski definition) is 0. The van der Waals surface area contributed by atoms with Crippen molar-refractivity contribution in [2.75, 3.05) is 20.2 Å². The van der Waals surface area contributed by atoms with Gasteiger partial charge in [0.15, 0.2) is 5.60 Å². The van der Waals surface area contributed by atoms with E-state index in [1.165, 1.54) is 0 Å². The van der Waals surface area contributed by atoms with Gasteiger partial charge in [-0.1, -0.05) is 0 Å². The Labute approximate surface area is 90.6 Å². The quantitative estimate of drug-likeness (QED) is 0.720. The van der Waals surface area contributed by atoms with Crippen molar-refractivity contribution in [2.24, 2.45) is 0 Å². The number of ether oxygens (including phenoxy) is 1. The number of alkyl halides is 3. The molecule has 1 heterocycles. The van der Waals surface area contributed by atoms with E-state index in [-0.39, 0.29) is 13.0 Å². The zero-order valence-electron chi connectivity index (χ0n) is 8.67. The second-order valence-electron chi connectivity index (χ2n) is 3.60. The van der Waals surface area contributed by atoms with E-state index >= 15 is 0 Å². The highest BCUT2D eigenvalue weighted by atomic mass is 19.4. The van der Waals surface area contributed by atoms with E-state index in [9.17, 15) is 18.0 Å². The standard InChI is InChI=1S/C9H11F3N2O2/c1-16-8(9(10,11)12)3-5-14(6-8)7(15)2-4-13/h2-3,5-6H2,1H3/t8-/m0/s1. The van der Waals surface area contributed by atoms with Gasteiger partial charge in [-0.2, -0.15) is 18.4 Å². The minimum atomic E-state index is -4.51. The number of methoxy groups -OCH3 is 1. The van der Waals surface area contributed by atoms with Gasteiger partial charge in [-0.25, -0.2) is 0 Å². The van der Waals surface area contributed by atoms with Crippen molar-refractivity contribution in [3.8, 4) is 6.07 Å². The molecule has 0 unspecified atom stereocenters. The van der Waals surface area contributed by atoms with Crippen LogP contribution in [0, 0.1) is 11.3 Å². The minimum Gasteiger partial charge on any atom is -0.367 e. The Bertz CT molecular complexity index is 324. The summed E-state index contributed by atoms with van der Waals surface area (Å²) in [6, 6.07) is 1.62. The summed E-state index contributed by atoms with van der Waals surface area (Å²) < 4.78 is 42.7. The topological polar surface area (TPSA) is 53.3 Å². The maximum Gasteiger partial charge on any atom is 0.419 e. The average Bonchev–Trinajstić information content (AvgIpc) is 2.62. The number of rotatable bonds is 2. The smallest absolute Gasteiger partial charge is 0.367 e. The maximum atomic E-state index is 12.7. The number of carbonyl (C=O) groups excluding carboxylic acids is 1. The molecule has 4 nitrogen and oxygen atoms in total. The van der Waals surface area contributed by atoms with Crippen LogP contribution in [0.15, 0.2) is 0 Å². The molecule has 0 N–H and O–H groups in total. The highest BCUT2D eigenvalue weighted by Gasteiger charge is 2.59. The zero-order chi connectivity index (χ0) is 12.4. The lowest BCUT2D eigenvalue weighted by Crippen LogP contribution is -2.49. The third-order valence-corrected chi connectivity index (χ3v) is 2.72. The van der Waals surface area contributed by atoms with Crippen molar-refractivity contribution in [3.63, 3.8) is 0 Å². The van der Waals surface area contributed by atoms with Gasteiger partial charge in [0.05, 0.1) is 12.6 Å². The van der Waals surface area contributed by atoms with E-state index in [0.717, 1.165) is 12.0 Å². The molecule has 16 heavy (non-hydrogen) atoms. The molecule has 0 aromatic heterocycles. The molecule has 90 valence electrons. The van der Waals surface area contributed by atoms with Crippen LogP contribution in [0.5, 0.6) is 0 Å². The minimum absolute atomic E-state index is 0.0339. The third-order valence-electron chi connectivity index (χ3n) is 2.72. The lowest BCUT2D eigenvalue weighted by molar-refractivity contribution is -0.263. The van der Waals surface area contributed by atoms with Gasteiger partial charge in [0, 0.05) is 20.1 Å². The van der Waals surface area contributed by atoms with Crippen LogP contribution in [0.25, 0.3) is 0 Å². The summed E-state index contributed by atoms with van der Waals surface area (Å²) in [4.78, 5) is 12.3. The number of hydrogen-bond acceptors (Lipinski definition) is 3. The molecule has 0 aliphatic carbocycles. The first-order chi connectivity index (χ1) is 7.36. The molecule has 1 amide bonds. The van der Waals surface area contributed by atoms with E-state index in [2.05, 4.69) is 4.74 Å². The Morgan fingerprint density at radius 1 is 1.62 bits per heavy atom. The first-order valence-corrected chi connectivity index (χ1v) is 4.63. The predicted octanol–water partition coefficient (Wildman–Crippen LogP) is 1.08. The fourth-order valence-electron chi connectivity index (χ4n) is 1.69. The second kappa shape index (κ2) is 4.29. The van der Waals surface area contributed by atoms with Crippen LogP contribution in [0.2, 0.25) is 0 Å². The molecule has 1 aliphatic rings. The first-order valence-electron chi connectivity index (χ1n) is 4.63. The van der Waals surface area contributed by atoms with Crippen LogP contribution in [-0.2, 0) is 9.53 Å². The molecule has 0 bridgehead atoms. The van der Waals surface area contributed by atoms with Crippen LogP contribution in [0.3, 0.4) is 0 Å². The van der Waals surface area contributed by atoms with Crippen molar-refractivity contribution in [1.82, 2.24) is 4.90 Å². The monoisotopic (exact) mass is 236 g/mol. The van der Waals surface area contributed by atoms with Gasteiger partial charge in [-0.3, -0.25) is 4.79 Å². The van der Waals surface area contributed by atoms with Crippen LogP contribution < -0.4 is 0 Å². The van der Waals surface area contributed by atoms with E-state index in [1.807, 2.05) is 0 Å². The molecular formula is C9H11F3N2O2. The maximum absolute atomic E-state index is 12.7. The molecule has 7 heteroatoms. The fourth-order valence-corrected chi connectivity index (χ4v) is 1.69. The summed E-state index contributed by atoms with van der Waals surface area (Å²) in [5.74, 6) is -0.592. The van der Waals surface area contributed by atoms with Crippen LogP contribution in [0.1, 0.15) is 12.8 Å². The lowest BCUT2D eigenvalue weighted by Gasteiger charge is -2.29. The molecule has 0 radical (unpaired) electrons. The number of carbonyl (C=O) groups is 1. The normalized spacial score (nSPS) is 25.6. The molecule has 0 spiro atoms. The lowest BCUT2D eigenvalue weighted by atomic mass is 10.0. The van der Waals surface area contributed by atoms with Crippen molar-refractivity contribution < 1.29 is 22.7 Å². The van der Waals surface area contributed by atoms with Crippen LogP contribution >= 0.6 is 0 Å². The Morgan fingerprint density at radius 3 is 2.62 bits per heavy atom. The summed E-state index contributed by atoms with van der Waals surface area (Å²) >= 11 is 0. The van der Waals surface area contributed by atoms with Gasteiger partial charge in [-0.05, 0) is 0 Å². The van der Waals surface area contributed by atoms with Gasteiger partial charge in [0.25, 0.3) is 0 Å². The molecular weight excluding hydrogens is 225 g/mol. The second-order valence-corrected chi connectivity index (χ2v) is 3.60. The SMILES string of the molecule is CO[C@@]1(C(F)(F)F)CCN(C(=O)CC#N)C1. The summed E-state index contributed by atoms with van der Waals surface area (Å²) in [6.07, 6.45) is -5.20. The van der Waals surface area contributed by atoms with E-state index in [4.69, 9.17) is 5.26 Å². The van der Waals surface area contributed by atoms with E-state index < -0.39 is 30.7 Å². The van der Waals surface area contributed by atoms with E-state index in [0.29, 0.717) is 0 Å². The number of nitrogens with zero attached hydrogens (tertiary/aromatic N) is 2. The Morgan fingerprint density at radius 2 is 2.25 bits per heavy atom. The van der Waals surface area contributed by atoms with Crippen molar-refractivity contribution in [2.45, 2.75) is 24.6 Å². The number of nitriles is 1. The van der Waals surface area contributed by atoms with Crippen molar-refractivity contribution >= 4 is 5.91 Å². The van der Waals surface area contributed by atoms with Gasteiger partial charge in [0.2, 0.25) is 5.91 Å². The molecule has 0 saturated carbocycles. The molecule has 1 aliphatic heterocycles. The summed E-state index contributed by atoms with van der Waals surface area (Å²) in [5, 5.41) is 8.29. The summed E-state index contributed by atoms with van der Waals surface area (Å²) in [6.45, 7) is -0.568. The Balaban J connectivity index is 2.77. The number of amides is 1. The van der Waals surface area contributed by atoms with Crippen LogP contribution in [0.4, 0.5) is 13.2 Å². The highest BCUT2D eigenvalue weighted by Crippen LogP contribution is 2.40. The molecule has 1 fully saturated rings.